The van der Waals surface area contributed by atoms with Gasteiger partial charge in [0.2, 0.25) is 5.43 Å². The van der Waals surface area contributed by atoms with Gasteiger partial charge in [-0.1, -0.05) is 30.3 Å². The number of nitrogens with two attached hydrogens (primary N) is 1. The highest BCUT2D eigenvalue weighted by atomic mass is 16.1. The van der Waals surface area contributed by atoms with E-state index in [1.807, 2.05) is 54.6 Å². The summed E-state index contributed by atoms with van der Waals surface area (Å²) in [5.41, 5.74) is 9.18. The summed E-state index contributed by atoms with van der Waals surface area (Å²) in [4.78, 5) is 20.3. The van der Waals surface area contributed by atoms with Crippen molar-refractivity contribution in [3.63, 3.8) is 0 Å². The Bertz CT molecular complexity index is 1060. The predicted octanol–water partition coefficient (Wildman–Crippen LogP) is 2.67. The van der Waals surface area contributed by atoms with E-state index >= 15 is 0 Å². The summed E-state index contributed by atoms with van der Waals surface area (Å²) in [6, 6.07) is 17.1. The molecule has 4 rings (SSSR count). The van der Waals surface area contributed by atoms with Gasteiger partial charge in [0, 0.05) is 0 Å². The average Bonchev–Trinajstić information content (AvgIpc) is 3.02. The molecule has 0 amide bonds. The largest absolute Gasteiger partial charge is 0.383 e. The fourth-order valence-corrected chi connectivity index (χ4v) is 2.72. The number of aromatic amines is 1. The summed E-state index contributed by atoms with van der Waals surface area (Å²) in [7, 11) is 0. The van der Waals surface area contributed by atoms with Crippen LogP contribution in [0.5, 0.6) is 0 Å². The molecule has 2 heterocycles. The number of nitrogens with one attached hydrogen (secondary N) is 1. The van der Waals surface area contributed by atoms with E-state index in [1.165, 1.54) is 0 Å². The van der Waals surface area contributed by atoms with Crippen molar-refractivity contribution in [1.29, 1.82) is 0 Å². The summed E-state index contributed by atoms with van der Waals surface area (Å²) in [6.45, 7) is 1.67. The van der Waals surface area contributed by atoms with E-state index < -0.39 is 0 Å². The molecule has 4 aromatic rings. The zero-order valence-corrected chi connectivity index (χ0v) is 13.0. The van der Waals surface area contributed by atoms with E-state index in [1.54, 1.807) is 11.6 Å². The number of benzene rings is 2. The van der Waals surface area contributed by atoms with Gasteiger partial charge < -0.3 is 10.7 Å². The molecule has 0 aliphatic heterocycles. The molecule has 0 bridgehead atoms. The lowest BCUT2D eigenvalue weighted by atomic mass is 10.2. The van der Waals surface area contributed by atoms with E-state index in [0.29, 0.717) is 17.1 Å². The van der Waals surface area contributed by atoms with Gasteiger partial charge in [-0.3, -0.25) is 4.79 Å². The monoisotopic (exact) mass is 317 g/mol. The van der Waals surface area contributed by atoms with E-state index in [0.717, 1.165) is 16.7 Å². The van der Waals surface area contributed by atoms with Crippen LogP contribution in [-0.2, 0) is 0 Å². The van der Waals surface area contributed by atoms with Gasteiger partial charge in [-0.25, -0.2) is 9.67 Å². The van der Waals surface area contributed by atoms with Crippen LogP contribution in [0.1, 0.15) is 5.69 Å². The van der Waals surface area contributed by atoms with Gasteiger partial charge in [-0.2, -0.15) is 5.10 Å². The minimum Gasteiger partial charge on any atom is -0.383 e. The molecule has 24 heavy (non-hydrogen) atoms. The minimum absolute atomic E-state index is 0.223. The lowest BCUT2D eigenvalue weighted by Crippen LogP contribution is -2.21. The molecular weight excluding hydrogens is 302 g/mol. The van der Waals surface area contributed by atoms with Crippen LogP contribution < -0.4 is 11.2 Å². The molecule has 0 saturated carbocycles. The van der Waals surface area contributed by atoms with Gasteiger partial charge in [0.05, 0.1) is 16.7 Å². The second kappa shape index (κ2) is 5.34. The number of rotatable bonds is 2. The Morgan fingerprint density at radius 3 is 2.50 bits per heavy atom. The number of nitrogen functional groups attached to an aromatic ring is 1. The Morgan fingerprint density at radius 2 is 1.75 bits per heavy atom. The molecule has 2 aromatic carbocycles. The highest BCUT2D eigenvalue weighted by Gasteiger charge is 2.18. The van der Waals surface area contributed by atoms with Gasteiger partial charge >= 0.3 is 0 Å². The zero-order chi connectivity index (χ0) is 16.7. The number of para-hydroxylation sites is 3. The van der Waals surface area contributed by atoms with Crippen LogP contribution in [0, 0.1) is 6.92 Å². The number of nitrogens with zero attached hydrogens (tertiary/aromatic N) is 3. The zero-order valence-electron chi connectivity index (χ0n) is 13.0. The molecule has 0 spiro atoms. The van der Waals surface area contributed by atoms with Gasteiger partial charge in [-0.05, 0) is 31.2 Å². The third kappa shape index (κ3) is 2.16. The molecule has 6 nitrogen and oxygen atoms in total. The van der Waals surface area contributed by atoms with E-state index in [4.69, 9.17) is 5.73 Å². The topological polar surface area (TPSA) is 89.6 Å². The second-order valence-electron chi connectivity index (χ2n) is 5.52. The van der Waals surface area contributed by atoms with Crippen LogP contribution >= 0.6 is 0 Å². The first kappa shape index (κ1) is 14.2. The van der Waals surface area contributed by atoms with Gasteiger partial charge in [-0.15, -0.1) is 0 Å². The van der Waals surface area contributed by atoms with Gasteiger partial charge in [0.15, 0.2) is 0 Å². The SMILES string of the molecule is Cc1nn(-c2ccccc2)c(N)c(-c2nc3ccccc3[nH]2)c1=O. The molecule has 0 atom stereocenters. The van der Waals surface area contributed by atoms with Gasteiger partial charge in [0.25, 0.3) is 0 Å². The smallest absolute Gasteiger partial charge is 0.216 e. The standard InChI is InChI=1S/C18H15N5O/c1-11-16(24)15(18-20-13-9-5-6-10-14(13)21-18)17(19)23(22-11)12-7-3-2-4-8-12/h2-10H,19H2,1H3,(H,20,21). The van der Waals surface area contributed by atoms with E-state index in [2.05, 4.69) is 15.1 Å². The number of hydrogen-bond donors (Lipinski definition) is 2. The Balaban J connectivity index is 2.01. The predicted molar refractivity (Wildman–Crippen MR) is 94.1 cm³/mol. The highest BCUT2D eigenvalue weighted by Crippen LogP contribution is 2.24. The maximum absolute atomic E-state index is 12.6. The molecular formula is C18H15N5O. The Hall–Kier alpha value is -3.41. The third-order valence-electron chi connectivity index (χ3n) is 3.92. The molecule has 0 unspecified atom stereocenters. The molecule has 2 aromatic heterocycles. The summed E-state index contributed by atoms with van der Waals surface area (Å²) in [5, 5.41) is 4.32. The summed E-state index contributed by atoms with van der Waals surface area (Å²) in [5.74, 6) is 0.713. The normalized spacial score (nSPS) is 11.0. The average molecular weight is 317 g/mol. The molecule has 0 aliphatic rings. The summed E-state index contributed by atoms with van der Waals surface area (Å²) in [6.07, 6.45) is 0. The van der Waals surface area contributed by atoms with E-state index in [9.17, 15) is 4.79 Å². The van der Waals surface area contributed by atoms with Crippen molar-refractivity contribution >= 4 is 16.9 Å². The first-order chi connectivity index (χ1) is 11.6. The number of fused-ring (bicyclic) bond motifs is 1. The van der Waals surface area contributed by atoms with Crippen molar-refractivity contribution in [3.05, 3.63) is 70.5 Å². The third-order valence-corrected chi connectivity index (χ3v) is 3.92. The number of H-pyrrole nitrogens is 1. The molecule has 6 heteroatoms. The van der Waals surface area contributed by atoms with Crippen molar-refractivity contribution < 1.29 is 0 Å². The highest BCUT2D eigenvalue weighted by molar-refractivity contribution is 5.81. The number of hydrogen-bond acceptors (Lipinski definition) is 4. The fourth-order valence-electron chi connectivity index (χ4n) is 2.72. The van der Waals surface area contributed by atoms with E-state index in [-0.39, 0.29) is 11.2 Å². The molecule has 3 N–H and O–H groups in total. The quantitative estimate of drug-likeness (QED) is 0.595. The Morgan fingerprint density at radius 1 is 1.04 bits per heavy atom. The lowest BCUT2D eigenvalue weighted by Gasteiger charge is -2.12. The van der Waals surface area contributed by atoms with Gasteiger partial charge in [0.1, 0.15) is 22.9 Å². The number of aromatic nitrogens is 4. The van der Waals surface area contributed by atoms with Crippen molar-refractivity contribution in [2.45, 2.75) is 6.92 Å². The first-order valence-electron chi connectivity index (χ1n) is 7.55. The molecule has 0 aliphatic carbocycles. The molecule has 0 fully saturated rings. The lowest BCUT2D eigenvalue weighted by molar-refractivity contribution is 0.823. The molecule has 118 valence electrons. The second-order valence-corrected chi connectivity index (χ2v) is 5.52. The maximum atomic E-state index is 12.6. The van der Waals surface area contributed by atoms with Crippen LogP contribution in [0.15, 0.2) is 59.4 Å². The van der Waals surface area contributed by atoms with Crippen LogP contribution in [0.4, 0.5) is 5.82 Å². The number of imidazole rings is 1. The fraction of sp³-hybridized carbons (Fsp3) is 0.0556. The summed E-state index contributed by atoms with van der Waals surface area (Å²) < 4.78 is 1.57. The van der Waals surface area contributed by atoms with Crippen LogP contribution in [0.2, 0.25) is 0 Å². The Labute approximate surface area is 137 Å². The van der Waals surface area contributed by atoms with Crippen molar-refractivity contribution in [1.82, 2.24) is 19.7 Å². The van der Waals surface area contributed by atoms with Crippen LogP contribution in [0.3, 0.4) is 0 Å². The minimum atomic E-state index is -0.223. The van der Waals surface area contributed by atoms with Crippen molar-refractivity contribution in [2.24, 2.45) is 0 Å². The molecule has 0 radical (unpaired) electrons. The maximum Gasteiger partial charge on any atom is 0.216 e. The van der Waals surface area contributed by atoms with Crippen molar-refractivity contribution in [3.8, 4) is 17.1 Å². The van der Waals surface area contributed by atoms with Crippen LogP contribution in [0.25, 0.3) is 28.1 Å². The number of anilines is 1. The summed E-state index contributed by atoms with van der Waals surface area (Å²) >= 11 is 0. The first-order valence-corrected chi connectivity index (χ1v) is 7.55. The Kier molecular flexibility index (Phi) is 3.16. The molecule has 0 saturated heterocycles. The van der Waals surface area contributed by atoms with Crippen molar-refractivity contribution in [2.75, 3.05) is 5.73 Å². The van der Waals surface area contributed by atoms with Crippen LogP contribution in [-0.4, -0.2) is 19.7 Å². The number of aryl methyl sites for hydroxylation is 1.